The molecule has 0 spiro atoms. The van der Waals surface area contributed by atoms with Gasteiger partial charge in [-0.25, -0.2) is 5.57 Å². The van der Waals surface area contributed by atoms with E-state index < -0.39 is 0 Å². The maximum atomic E-state index is 3.44. The number of aryl methyl sites for hydroxylation is 1. The van der Waals surface area contributed by atoms with Crippen molar-refractivity contribution in [3.05, 3.63) is 89.0 Å². The quantitative estimate of drug-likeness (QED) is 0.249. The predicted octanol–water partition coefficient (Wildman–Crippen LogP) is 6.61. The average molecular weight is 420 g/mol. The fourth-order valence-electron chi connectivity index (χ4n) is 3.61. The summed E-state index contributed by atoms with van der Waals surface area (Å²) in [6, 6.07) is 21.7. The van der Waals surface area contributed by atoms with Crippen molar-refractivity contribution in [1.29, 1.82) is 0 Å². The van der Waals surface area contributed by atoms with E-state index in [-0.39, 0.29) is 27.1 Å². The Balaban J connectivity index is 0.000000221. The number of allylic oxidation sites excluding steroid dienone is 4. The second-order valence-corrected chi connectivity index (χ2v) is 9.23. The summed E-state index contributed by atoms with van der Waals surface area (Å²) in [5, 5.41) is 5.68. The summed E-state index contributed by atoms with van der Waals surface area (Å²) in [7, 11) is 0.754. The largest absolute Gasteiger partial charge is 2.00 e. The molecule has 0 nitrogen and oxygen atoms in total. The molecule has 1 aliphatic rings. The summed E-state index contributed by atoms with van der Waals surface area (Å²) >= 11 is 0. The average Bonchev–Trinajstić information content (AvgIpc) is 3.05. The molecule has 0 aromatic heterocycles. The molecular weight excluding hydrogens is 391 g/mol. The first kappa shape index (κ1) is 23.0. The predicted molar refractivity (Wildman–Crippen MR) is 123 cm³/mol. The van der Waals surface area contributed by atoms with E-state index in [1.54, 1.807) is 0 Å². The first-order valence-electron chi connectivity index (χ1n) is 9.57. The number of hydrogen-bond donors (Lipinski definition) is 0. The minimum absolute atomic E-state index is 0. The van der Waals surface area contributed by atoms with E-state index >= 15 is 0 Å². The molecule has 0 radical (unpaired) electrons. The Morgan fingerprint density at radius 1 is 0.857 bits per heavy atom. The van der Waals surface area contributed by atoms with Crippen LogP contribution >= 0.6 is 8.58 Å². The van der Waals surface area contributed by atoms with Gasteiger partial charge in [-0.15, -0.1) is 61.4 Å². The minimum atomic E-state index is 0. The zero-order chi connectivity index (χ0) is 19.6. The maximum absolute atomic E-state index is 3.44. The van der Waals surface area contributed by atoms with E-state index in [0.29, 0.717) is 0 Å². The molecule has 0 N–H and O–H groups in total. The van der Waals surface area contributed by atoms with E-state index in [2.05, 4.69) is 108 Å². The minimum Gasteiger partial charge on any atom is -0.263 e. The molecule has 0 saturated heterocycles. The Labute approximate surface area is 187 Å². The summed E-state index contributed by atoms with van der Waals surface area (Å²) < 4.78 is 0. The topological polar surface area (TPSA) is 0 Å². The van der Waals surface area contributed by atoms with Crippen molar-refractivity contribution in [2.75, 3.05) is 0 Å². The summed E-state index contributed by atoms with van der Waals surface area (Å²) in [5.74, 6) is 0. The maximum Gasteiger partial charge on any atom is 2.00 e. The third-order valence-corrected chi connectivity index (χ3v) is 7.14. The Hall–Kier alpha value is -1.33. The summed E-state index contributed by atoms with van der Waals surface area (Å²) in [5.41, 5.74) is 5.81. The van der Waals surface area contributed by atoms with E-state index in [0.717, 1.165) is 8.58 Å². The summed E-state index contributed by atoms with van der Waals surface area (Å²) in [4.78, 5) is 0. The molecule has 0 bridgehead atoms. The standard InChI is InChI=1S/C16H14P.C10H15.Ti/c1-12-11-13-7-5-6-10-15(13)16(12)17-14-8-3-2-4-9-14;1-7-6-10(4,5)9(3)8(7)2;/h2-11,17H,1H3;1-5H3;/q2*-1;+2. The Kier molecular flexibility index (Phi) is 7.75. The van der Waals surface area contributed by atoms with Crippen LogP contribution in [0.15, 0.2) is 77.4 Å². The number of hydrogen-bond acceptors (Lipinski definition) is 0. The normalized spacial score (nSPS) is 15.4. The Morgan fingerprint density at radius 2 is 1.46 bits per heavy atom. The van der Waals surface area contributed by atoms with Crippen LogP contribution in [0.4, 0.5) is 0 Å². The van der Waals surface area contributed by atoms with Crippen LogP contribution in [0, 0.1) is 18.4 Å². The van der Waals surface area contributed by atoms with Gasteiger partial charge in [0.15, 0.2) is 0 Å². The molecule has 0 heterocycles. The fourth-order valence-corrected chi connectivity index (χ4v) is 4.89. The van der Waals surface area contributed by atoms with Gasteiger partial charge in [0.2, 0.25) is 0 Å². The summed E-state index contributed by atoms with van der Waals surface area (Å²) in [6.45, 7) is 13.1. The van der Waals surface area contributed by atoms with Crippen molar-refractivity contribution in [2.24, 2.45) is 5.41 Å². The van der Waals surface area contributed by atoms with E-state index in [4.69, 9.17) is 0 Å². The third kappa shape index (κ3) is 4.98. The van der Waals surface area contributed by atoms with Crippen molar-refractivity contribution >= 4 is 30.0 Å². The Bertz CT molecular complexity index is 1000. The van der Waals surface area contributed by atoms with E-state index in [9.17, 15) is 0 Å². The molecule has 0 amide bonds. The van der Waals surface area contributed by atoms with E-state index in [1.807, 2.05) is 0 Å². The van der Waals surface area contributed by atoms with Gasteiger partial charge in [0.25, 0.3) is 0 Å². The second kappa shape index (κ2) is 9.45. The zero-order valence-electron chi connectivity index (χ0n) is 17.8. The van der Waals surface area contributed by atoms with Gasteiger partial charge in [0.1, 0.15) is 0 Å². The third-order valence-electron chi connectivity index (χ3n) is 5.60. The molecule has 0 aliphatic heterocycles. The molecule has 1 atom stereocenters. The molecule has 0 fully saturated rings. The van der Waals surface area contributed by atoms with Crippen molar-refractivity contribution in [1.82, 2.24) is 0 Å². The van der Waals surface area contributed by atoms with Gasteiger partial charge in [-0.05, 0) is 5.30 Å². The SMILES string of the molecule is CC1=[C-]C(C)(C)C(C)=C1C.Cc1[cH-]c2ccccc2c1Pc1ccccc1.[Ti+2]. The molecule has 0 saturated carbocycles. The summed E-state index contributed by atoms with van der Waals surface area (Å²) in [6.07, 6.45) is 3.44. The van der Waals surface area contributed by atoms with Crippen LogP contribution in [0.3, 0.4) is 0 Å². The molecule has 142 valence electrons. The molecule has 28 heavy (non-hydrogen) atoms. The first-order valence-corrected chi connectivity index (χ1v) is 10.6. The smallest absolute Gasteiger partial charge is 0.263 e. The van der Waals surface area contributed by atoms with Crippen LogP contribution < -0.4 is 10.6 Å². The Morgan fingerprint density at radius 3 is 2.00 bits per heavy atom. The fraction of sp³-hybridized carbons (Fsp3) is 0.269. The molecule has 1 aliphatic carbocycles. The second-order valence-electron chi connectivity index (χ2n) is 7.91. The van der Waals surface area contributed by atoms with Crippen molar-refractivity contribution in [2.45, 2.75) is 41.5 Å². The molecule has 1 unspecified atom stereocenters. The van der Waals surface area contributed by atoms with Crippen LogP contribution in [0.1, 0.15) is 40.2 Å². The molecular formula is C26H29PTi. The van der Waals surface area contributed by atoms with E-state index in [1.165, 1.54) is 43.7 Å². The van der Waals surface area contributed by atoms with Gasteiger partial charge in [0.05, 0.1) is 0 Å². The van der Waals surface area contributed by atoms with Crippen molar-refractivity contribution in [3.8, 4) is 0 Å². The zero-order valence-corrected chi connectivity index (χ0v) is 20.3. The molecule has 3 aromatic rings. The van der Waals surface area contributed by atoms with Crippen molar-refractivity contribution in [3.63, 3.8) is 0 Å². The first-order chi connectivity index (χ1) is 12.8. The molecule has 3 aromatic carbocycles. The van der Waals surface area contributed by atoms with Crippen LogP contribution in [0.2, 0.25) is 0 Å². The van der Waals surface area contributed by atoms with Gasteiger partial charge in [-0.1, -0.05) is 76.4 Å². The van der Waals surface area contributed by atoms with Gasteiger partial charge < -0.3 is 0 Å². The van der Waals surface area contributed by atoms with Gasteiger partial charge >= 0.3 is 21.7 Å². The molecule has 2 heteroatoms. The van der Waals surface area contributed by atoms with Crippen LogP contribution in [0.5, 0.6) is 0 Å². The van der Waals surface area contributed by atoms with Crippen LogP contribution in [-0.2, 0) is 21.7 Å². The van der Waals surface area contributed by atoms with Gasteiger partial charge in [-0.3, -0.25) is 6.08 Å². The molecule has 4 rings (SSSR count). The van der Waals surface area contributed by atoms with Gasteiger partial charge in [0, 0.05) is 0 Å². The number of fused-ring (bicyclic) bond motifs is 1. The number of rotatable bonds is 2. The van der Waals surface area contributed by atoms with Crippen LogP contribution in [-0.4, -0.2) is 0 Å². The van der Waals surface area contributed by atoms with Crippen LogP contribution in [0.25, 0.3) is 10.8 Å². The number of benzene rings is 2. The van der Waals surface area contributed by atoms with Crippen molar-refractivity contribution < 1.29 is 21.7 Å². The van der Waals surface area contributed by atoms with Gasteiger partial charge in [-0.2, -0.15) is 11.1 Å². The monoisotopic (exact) mass is 420 g/mol.